The second-order valence-corrected chi connectivity index (χ2v) is 7.70. The minimum absolute atomic E-state index is 0.150. The van der Waals surface area contributed by atoms with E-state index >= 15 is 0 Å². The highest BCUT2D eigenvalue weighted by Crippen LogP contribution is 2.19. The average Bonchev–Trinajstić information content (AvgIpc) is 3.02. The Balaban J connectivity index is 1.80. The molecule has 0 radical (unpaired) electrons. The SMILES string of the molecule is CN(C)S(=O)(=O)c1ccc(C(=O)Nc2ccc3cc[nH]c3c2)cc1. The lowest BCUT2D eigenvalue weighted by atomic mass is 10.2. The molecule has 0 aliphatic carbocycles. The summed E-state index contributed by atoms with van der Waals surface area (Å²) in [7, 11) is -0.569. The van der Waals surface area contributed by atoms with Crippen LogP contribution in [0.4, 0.5) is 5.69 Å². The summed E-state index contributed by atoms with van der Waals surface area (Å²) >= 11 is 0. The van der Waals surface area contributed by atoms with Gasteiger partial charge in [-0.3, -0.25) is 4.79 Å². The Labute approximate surface area is 140 Å². The van der Waals surface area contributed by atoms with E-state index in [1.165, 1.54) is 38.4 Å². The van der Waals surface area contributed by atoms with Crippen LogP contribution >= 0.6 is 0 Å². The van der Waals surface area contributed by atoms with Gasteiger partial charge in [-0.1, -0.05) is 6.07 Å². The predicted molar refractivity (Wildman–Crippen MR) is 93.6 cm³/mol. The lowest BCUT2D eigenvalue weighted by Gasteiger charge is -2.11. The standard InChI is InChI=1S/C17H17N3O3S/c1-20(2)24(22,23)15-7-4-13(5-8-15)17(21)19-14-6-3-12-9-10-18-16(12)11-14/h3-11,18H,1-2H3,(H,19,21). The summed E-state index contributed by atoms with van der Waals surface area (Å²) < 4.78 is 25.2. The van der Waals surface area contributed by atoms with E-state index in [1.807, 2.05) is 30.5 Å². The predicted octanol–water partition coefficient (Wildman–Crippen LogP) is 2.67. The number of sulfonamides is 1. The van der Waals surface area contributed by atoms with Gasteiger partial charge in [-0.05, 0) is 47.9 Å². The van der Waals surface area contributed by atoms with Crippen molar-refractivity contribution >= 4 is 32.5 Å². The molecule has 0 bridgehead atoms. The third-order valence-electron chi connectivity index (χ3n) is 3.71. The molecule has 0 unspecified atom stereocenters. The van der Waals surface area contributed by atoms with E-state index in [2.05, 4.69) is 10.3 Å². The van der Waals surface area contributed by atoms with E-state index in [9.17, 15) is 13.2 Å². The number of H-pyrrole nitrogens is 1. The number of hydrogen-bond donors (Lipinski definition) is 2. The molecule has 24 heavy (non-hydrogen) atoms. The molecule has 2 aromatic carbocycles. The molecule has 0 saturated heterocycles. The van der Waals surface area contributed by atoms with Crippen molar-refractivity contribution in [1.82, 2.24) is 9.29 Å². The summed E-state index contributed by atoms with van der Waals surface area (Å²) in [4.78, 5) is 15.5. The van der Waals surface area contributed by atoms with Crippen molar-refractivity contribution in [3.63, 3.8) is 0 Å². The van der Waals surface area contributed by atoms with Crippen LogP contribution in [0.3, 0.4) is 0 Å². The van der Waals surface area contributed by atoms with Gasteiger partial charge in [-0.25, -0.2) is 12.7 Å². The first-order chi connectivity index (χ1) is 11.4. The number of benzene rings is 2. The van der Waals surface area contributed by atoms with Crippen molar-refractivity contribution in [2.75, 3.05) is 19.4 Å². The Hall–Kier alpha value is -2.64. The maximum atomic E-state index is 12.3. The highest BCUT2D eigenvalue weighted by atomic mass is 32.2. The molecule has 0 saturated carbocycles. The quantitative estimate of drug-likeness (QED) is 0.764. The van der Waals surface area contributed by atoms with Crippen molar-refractivity contribution < 1.29 is 13.2 Å². The summed E-state index contributed by atoms with van der Waals surface area (Å²) in [5.74, 6) is -0.297. The van der Waals surface area contributed by atoms with Crippen LogP contribution in [0.25, 0.3) is 10.9 Å². The van der Waals surface area contributed by atoms with Gasteiger partial charge in [0.15, 0.2) is 0 Å². The zero-order valence-electron chi connectivity index (χ0n) is 13.3. The first-order valence-electron chi connectivity index (χ1n) is 7.29. The Morgan fingerprint density at radius 3 is 2.42 bits per heavy atom. The van der Waals surface area contributed by atoms with E-state index in [-0.39, 0.29) is 10.8 Å². The summed E-state index contributed by atoms with van der Waals surface area (Å²) in [6.45, 7) is 0. The van der Waals surface area contributed by atoms with Crippen LogP contribution in [-0.2, 0) is 10.0 Å². The molecule has 7 heteroatoms. The first-order valence-corrected chi connectivity index (χ1v) is 8.73. The van der Waals surface area contributed by atoms with E-state index in [1.54, 1.807) is 0 Å². The minimum Gasteiger partial charge on any atom is -0.361 e. The molecule has 6 nitrogen and oxygen atoms in total. The fourth-order valence-electron chi connectivity index (χ4n) is 2.32. The second-order valence-electron chi connectivity index (χ2n) is 5.55. The number of carbonyl (C=O) groups excluding carboxylic acids is 1. The molecule has 0 atom stereocenters. The number of anilines is 1. The first kappa shape index (κ1) is 16.2. The monoisotopic (exact) mass is 343 g/mol. The Morgan fingerprint density at radius 2 is 1.75 bits per heavy atom. The molecule has 0 aliphatic rings. The van der Waals surface area contributed by atoms with Gasteiger partial charge < -0.3 is 10.3 Å². The molecule has 0 spiro atoms. The maximum Gasteiger partial charge on any atom is 0.255 e. The van der Waals surface area contributed by atoms with Gasteiger partial charge >= 0.3 is 0 Å². The van der Waals surface area contributed by atoms with Gasteiger partial charge in [0.2, 0.25) is 10.0 Å². The van der Waals surface area contributed by atoms with Gasteiger partial charge in [0.1, 0.15) is 0 Å². The highest BCUT2D eigenvalue weighted by molar-refractivity contribution is 7.89. The third kappa shape index (κ3) is 3.04. The molecule has 0 aliphatic heterocycles. The molecular weight excluding hydrogens is 326 g/mol. The molecular formula is C17H17N3O3S. The summed E-state index contributed by atoms with van der Waals surface area (Å²) in [5, 5.41) is 3.86. The molecule has 1 heterocycles. The number of nitrogens with one attached hydrogen (secondary N) is 2. The van der Waals surface area contributed by atoms with Crippen LogP contribution in [0.15, 0.2) is 59.6 Å². The largest absolute Gasteiger partial charge is 0.361 e. The van der Waals surface area contributed by atoms with E-state index in [0.29, 0.717) is 11.3 Å². The van der Waals surface area contributed by atoms with E-state index < -0.39 is 10.0 Å². The third-order valence-corrected chi connectivity index (χ3v) is 5.54. The zero-order valence-corrected chi connectivity index (χ0v) is 14.1. The van der Waals surface area contributed by atoms with Crippen LogP contribution in [0.2, 0.25) is 0 Å². The number of fused-ring (bicyclic) bond motifs is 1. The van der Waals surface area contributed by atoms with Crippen LogP contribution in [0.5, 0.6) is 0 Å². The van der Waals surface area contributed by atoms with Gasteiger partial charge in [-0.2, -0.15) is 0 Å². The van der Waals surface area contributed by atoms with Crippen LogP contribution in [0.1, 0.15) is 10.4 Å². The van der Waals surface area contributed by atoms with Crippen molar-refractivity contribution in [2.45, 2.75) is 4.90 Å². The lowest BCUT2D eigenvalue weighted by Crippen LogP contribution is -2.22. The van der Waals surface area contributed by atoms with Gasteiger partial charge in [0.25, 0.3) is 5.91 Å². The highest BCUT2D eigenvalue weighted by Gasteiger charge is 2.17. The van der Waals surface area contributed by atoms with Crippen molar-refractivity contribution in [1.29, 1.82) is 0 Å². The molecule has 3 rings (SSSR count). The average molecular weight is 343 g/mol. The number of carbonyl (C=O) groups is 1. The molecule has 2 N–H and O–H groups in total. The van der Waals surface area contributed by atoms with Crippen molar-refractivity contribution in [3.8, 4) is 0 Å². The lowest BCUT2D eigenvalue weighted by molar-refractivity contribution is 0.102. The van der Waals surface area contributed by atoms with Gasteiger partial charge in [0, 0.05) is 37.1 Å². The maximum absolute atomic E-state index is 12.3. The zero-order chi connectivity index (χ0) is 17.3. The molecule has 3 aromatic rings. The number of amides is 1. The Kier molecular flexibility index (Phi) is 4.13. The Bertz CT molecular complexity index is 989. The molecule has 1 amide bonds. The van der Waals surface area contributed by atoms with Crippen molar-refractivity contribution in [2.24, 2.45) is 0 Å². The number of aromatic nitrogens is 1. The number of hydrogen-bond acceptors (Lipinski definition) is 3. The van der Waals surface area contributed by atoms with Crippen LogP contribution in [-0.4, -0.2) is 37.7 Å². The molecule has 1 aromatic heterocycles. The fraction of sp³-hybridized carbons (Fsp3) is 0.118. The normalized spacial score (nSPS) is 11.8. The minimum atomic E-state index is -3.50. The number of nitrogens with zero attached hydrogens (tertiary/aromatic N) is 1. The summed E-state index contributed by atoms with van der Waals surface area (Å²) in [6, 6.07) is 13.4. The molecule has 124 valence electrons. The fourth-order valence-corrected chi connectivity index (χ4v) is 3.22. The van der Waals surface area contributed by atoms with Crippen LogP contribution < -0.4 is 5.32 Å². The number of rotatable bonds is 4. The summed E-state index contributed by atoms with van der Waals surface area (Å²) in [6.07, 6.45) is 1.83. The topological polar surface area (TPSA) is 82.3 Å². The smallest absolute Gasteiger partial charge is 0.255 e. The molecule has 0 fully saturated rings. The Morgan fingerprint density at radius 1 is 1.04 bits per heavy atom. The van der Waals surface area contributed by atoms with Gasteiger partial charge in [0.05, 0.1) is 4.90 Å². The van der Waals surface area contributed by atoms with Crippen molar-refractivity contribution in [3.05, 3.63) is 60.3 Å². The number of aromatic amines is 1. The summed E-state index contributed by atoms with van der Waals surface area (Å²) in [5.41, 5.74) is 1.99. The van der Waals surface area contributed by atoms with E-state index in [0.717, 1.165) is 15.2 Å². The van der Waals surface area contributed by atoms with Crippen LogP contribution in [0, 0.1) is 0 Å². The van der Waals surface area contributed by atoms with Gasteiger partial charge in [-0.15, -0.1) is 0 Å². The van der Waals surface area contributed by atoms with E-state index in [4.69, 9.17) is 0 Å². The second kappa shape index (κ2) is 6.10.